The average Bonchev–Trinajstić information content (AvgIpc) is 2.37. The van der Waals surface area contributed by atoms with Crippen molar-refractivity contribution in [3.8, 4) is 0 Å². The van der Waals surface area contributed by atoms with Gasteiger partial charge in [0.25, 0.3) is 0 Å². The summed E-state index contributed by atoms with van der Waals surface area (Å²) in [5.74, 6) is 1.39. The highest BCUT2D eigenvalue weighted by molar-refractivity contribution is 7.99. The lowest BCUT2D eigenvalue weighted by Gasteiger charge is -2.27. The smallest absolute Gasteiger partial charge is 0.0172 e. The molecule has 1 N–H and O–H groups in total. The Bertz CT molecular complexity index is 155. The lowest BCUT2D eigenvalue weighted by Crippen LogP contribution is -2.37. The first-order valence-electron chi connectivity index (χ1n) is 7.00. The molecule has 2 aliphatic heterocycles. The summed E-state index contributed by atoms with van der Waals surface area (Å²) in [4.78, 5) is 2.62. The van der Waals surface area contributed by atoms with Crippen molar-refractivity contribution < 1.29 is 0 Å². The predicted octanol–water partition coefficient (Wildman–Crippen LogP) is 2.35. The monoisotopic (exact) mass is 242 g/mol. The third-order valence-electron chi connectivity index (χ3n) is 3.70. The third kappa shape index (κ3) is 4.64. The van der Waals surface area contributed by atoms with Crippen molar-refractivity contribution in [1.29, 1.82) is 0 Å². The molecule has 2 rings (SSSR count). The van der Waals surface area contributed by atoms with Crippen molar-refractivity contribution in [3.05, 3.63) is 0 Å². The summed E-state index contributed by atoms with van der Waals surface area (Å²) in [6.45, 7) is 6.35. The van der Waals surface area contributed by atoms with Gasteiger partial charge in [0.15, 0.2) is 0 Å². The van der Waals surface area contributed by atoms with E-state index < -0.39 is 0 Å². The van der Waals surface area contributed by atoms with E-state index in [1.54, 1.807) is 0 Å². The van der Waals surface area contributed by atoms with Crippen LogP contribution in [0.2, 0.25) is 0 Å². The zero-order valence-corrected chi connectivity index (χ0v) is 11.2. The molecule has 2 fully saturated rings. The average molecular weight is 242 g/mol. The van der Waals surface area contributed by atoms with E-state index in [0.29, 0.717) is 0 Å². The van der Waals surface area contributed by atoms with E-state index in [1.807, 2.05) is 0 Å². The summed E-state index contributed by atoms with van der Waals surface area (Å²) in [7, 11) is 0. The van der Waals surface area contributed by atoms with Gasteiger partial charge in [-0.1, -0.05) is 12.8 Å². The minimum Gasteiger partial charge on any atom is -0.314 e. The summed E-state index contributed by atoms with van der Waals surface area (Å²) in [5.41, 5.74) is 0. The lowest BCUT2D eigenvalue weighted by molar-refractivity contribution is 0.229. The molecule has 0 bridgehead atoms. The number of hydrogen-bond acceptors (Lipinski definition) is 3. The fraction of sp³-hybridized carbons (Fsp3) is 1.00. The van der Waals surface area contributed by atoms with Crippen molar-refractivity contribution in [3.63, 3.8) is 0 Å². The van der Waals surface area contributed by atoms with Crippen LogP contribution in [0.15, 0.2) is 0 Å². The van der Waals surface area contributed by atoms with Crippen molar-refractivity contribution >= 4 is 11.8 Å². The van der Waals surface area contributed by atoms with Crippen LogP contribution in [0.5, 0.6) is 0 Å². The molecule has 0 aromatic rings. The number of rotatable bonds is 5. The second-order valence-corrected chi connectivity index (χ2v) is 6.50. The Labute approximate surface area is 105 Å². The molecule has 2 aliphatic rings. The van der Waals surface area contributed by atoms with Crippen LogP contribution < -0.4 is 5.32 Å². The van der Waals surface area contributed by atoms with E-state index in [0.717, 1.165) is 5.25 Å². The largest absolute Gasteiger partial charge is 0.314 e. The first-order chi connectivity index (χ1) is 7.95. The van der Waals surface area contributed by atoms with Gasteiger partial charge < -0.3 is 10.2 Å². The van der Waals surface area contributed by atoms with Crippen molar-refractivity contribution in [1.82, 2.24) is 10.2 Å². The maximum absolute atomic E-state index is 3.64. The van der Waals surface area contributed by atoms with Crippen LogP contribution in [-0.2, 0) is 0 Å². The molecule has 94 valence electrons. The number of nitrogens with one attached hydrogen (secondary N) is 1. The Hall–Kier alpha value is 0.270. The first-order valence-corrected chi connectivity index (χ1v) is 8.05. The highest BCUT2D eigenvalue weighted by Crippen LogP contribution is 2.24. The Morgan fingerprint density at radius 2 is 1.94 bits per heavy atom. The van der Waals surface area contributed by atoms with Gasteiger partial charge >= 0.3 is 0 Å². The van der Waals surface area contributed by atoms with Gasteiger partial charge in [0.2, 0.25) is 0 Å². The van der Waals surface area contributed by atoms with E-state index in [9.17, 15) is 0 Å². The molecule has 2 heterocycles. The number of thioether (sulfide) groups is 1. The number of piperidine rings is 1. The molecule has 0 aromatic heterocycles. The normalized spacial score (nSPS) is 28.1. The maximum atomic E-state index is 3.64. The van der Waals surface area contributed by atoms with Crippen LogP contribution >= 0.6 is 11.8 Å². The quantitative estimate of drug-likeness (QED) is 0.745. The van der Waals surface area contributed by atoms with Crippen LogP contribution in [-0.4, -0.2) is 48.6 Å². The highest BCUT2D eigenvalue weighted by Gasteiger charge is 2.13. The Morgan fingerprint density at radius 1 is 1.06 bits per heavy atom. The minimum atomic E-state index is 0.898. The van der Waals surface area contributed by atoms with Crippen molar-refractivity contribution in [2.45, 2.75) is 43.8 Å². The molecular weight excluding hydrogens is 216 g/mol. The Kier molecular flexibility index (Phi) is 6.02. The molecule has 0 amide bonds. The highest BCUT2D eigenvalue weighted by atomic mass is 32.2. The lowest BCUT2D eigenvalue weighted by atomic mass is 10.1. The number of hydrogen-bond donors (Lipinski definition) is 1. The van der Waals surface area contributed by atoms with E-state index >= 15 is 0 Å². The van der Waals surface area contributed by atoms with E-state index in [1.165, 1.54) is 77.0 Å². The van der Waals surface area contributed by atoms with Crippen LogP contribution in [0.4, 0.5) is 0 Å². The Balaban J connectivity index is 1.47. The van der Waals surface area contributed by atoms with Crippen molar-refractivity contribution in [2.24, 2.45) is 0 Å². The van der Waals surface area contributed by atoms with Crippen LogP contribution in [0.1, 0.15) is 38.5 Å². The molecular formula is C13H26N2S. The van der Waals surface area contributed by atoms with Gasteiger partial charge in [-0.15, -0.1) is 0 Å². The van der Waals surface area contributed by atoms with Crippen LogP contribution in [0, 0.1) is 0 Å². The summed E-state index contributed by atoms with van der Waals surface area (Å²) in [6, 6.07) is 0. The maximum Gasteiger partial charge on any atom is 0.0172 e. The van der Waals surface area contributed by atoms with Crippen molar-refractivity contribution in [2.75, 3.05) is 38.5 Å². The predicted molar refractivity (Wildman–Crippen MR) is 73.3 cm³/mol. The zero-order valence-electron chi connectivity index (χ0n) is 10.4. The van der Waals surface area contributed by atoms with Gasteiger partial charge in [-0.05, 0) is 44.5 Å². The number of nitrogens with zero attached hydrogens (tertiary/aromatic N) is 1. The summed E-state index contributed by atoms with van der Waals surface area (Å²) < 4.78 is 0. The van der Waals surface area contributed by atoms with Crippen LogP contribution in [0.3, 0.4) is 0 Å². The zero-order chi connectivity index (χ0) is 11.1. The van der Waals surface area contributed by atoms with Gasteiger partial charge in [0.05, 0.1) is 0 Å². The second kappa shape index (κ2) is 7.57. The molecule has 0 spiro atoms. The van der Waals surface area contributed by atoms with Gasteiger partial charge in [-0.25, -0.2) is 0 Å². The van der Waals surface area contributed by atoms with Gasteiger partial charge in [-0.3, -0.25) is 0 Å². The van der Waals surface area contributed by atoms with E-state index in [2.05, 4.69) is 22.0 Å². The topological polar surface area (TPSA) is 15.3 Å². The molecule has 0 saturated carbocycles. The molecule has 0 radical (unpaired) electrons. The van der Waals surface area contributed by atoms with Gasteiger partial charge in [0.1, 0.15) is 0 Å². The molecule has 1 atom stereocenters. The SMILES string of the molecule is C1CCN(CCNCC2CCCCS2)CC1. The summed E-state index contributed by atoms with van der Waals surface area (Å²) >= 11 is 2.17. The van der Waals surface area contributed by atoms with Gasteiger partial charge in [0, 0.05) is 24.9 Å². The molecule has 0 aliphatic carbocycles. The molecule has 3 heteroatoms. The van der Waals surface area contributed by atoms with E-state index in [4.69, 9.17) is 0 Å². The minimum absolute atomic E-state index is 0.898. The third-order valence-corrected chi connectivity index (χ3v) is 5.10. The molecule has 2 saturated heterocycles. The van der Waals surface area contributed by atoms with Gasteiger partial charge in [-0.2, -0.15) is 11.8 Å². The fourth-order valence-electron chi connectivity index (χ4n) is 2.65. The second-order valence-electron chi connectivity index (χ2n) is 5.10. The standard InChI is InChI=1S/C13H26N2S/c1-3-8-15(9-4-1)10-7-14-12-13-6-2-5-11-16-13/h13-14H,1-12H2. The number of likely N-dealkylation sites (tertiary alicyclic amines) is 1. The summed E-state index contributed by atoms with van der Waals surface area (Å²) in [6.07, 6.45) is 8.60. The first kappa shape index (κ1) is 12.7. The molecule has 1 unspecified atom stereocenters. The molecule has 0 aromatic carbocycles. The van der Waals surface area contributed by atoms with Crippen LogP contribution in [0.25, 0.3) is 0 Å². The van der Waals surface area contributed by atoms with E-state index in [-0.39, 0.29) is 0 Å². The molecule has 16 heavy (non-hydrogen) atoms. The molecule has 2 nitrogen and oxygen atoms in total. The Morgan fingerprint density at radius 3 is 2.69 bits per heavy atom. The summed E-state index contributed by atoms with van der Waals surface area (Å²) in [5, 5.41) is 4.54. The fourth-order valence-corrected chi connectivity index (χ4v) is 3.92.